The molecule has 2 rings (SSSR count). The van der Waals surface area contributed by atoms with Gasteiger partial charge in [-0.15, -0.1) is 0 Å². The first-order chi connectivity index (χ1) is 6.25. The second-order valence-electron chi connectivity index (χ2n) is 3.30. The van der Waals surface area contributed by atoms with E-state index in [2.05, 4.69) is 5.32 Å². The van der Waals surface area contributed by atoms with E-state index in [1.807, 2.05) is 6.07 Å². The van der Waals surface area contributed by atoms with E-state index in [0.717, 1.165) is 5.56 Å². The molecule has 3 heteroatoms. The first kappa shape index (κ1) is 8.10. The molecule has 1 amide bonds. The van der Waals surface area contributed by atoms with Crippen molar-refractivity contribution < 1.29 is 9.90 Å². The maximum atomic E-state index is 10.9. The van der Waals surface area contributed by atoms with Gasteiger partial charge < -0.3 is 10.4 Å². The van der Waals surface area contributed by atoms with Gasteiger partial charge in [0.05, 0.1) is 0 Å². The van der Waals surface area contributed by atoms with Crippen LogP contribution in [0, 0.1) is 0 Å². The average Bonchev–Trinajstić information content (AvgIpc) is 2.52. The van der Waals surface area contributed by atoms with Crippen molar-refractivity contribution >= 4 is 5.91 Å². The predicted molar refractivity (Wildman–Crippen MR) is 48.5 cm³/mol. The lowest BCUT2D eigenvalue weighted by Gasteiger charge is -2.06. The highest BCUT2D eigenvalue weighted by Crippen LogP contribution is 2.25. The second kappa shape index (κ2) is 3.09. The molecule has 0 aromatic heterocycles. The van der Waals surface area contributed by atoms with Gasteiger partial charge in [-0.2, -0.15) is 0 Å². The lowest BCUT2D eigenvalue weighted by atomic mass is 9.98. The van der Waals surface area contributed by atoms with Crippen LogP contribution in [-0.4, -0.2) is 17.6 Å². The molecule has 13 heavy (non-hydrogen) atoms. The molecule has 1 aromatic carbocycles. The summed E-state index contributed by atoms with van der Waals surface area (Å²) in [5, 5.41) is 12.0. The molecule has 1 heterocycles. The van der Waals surface area contributed by atoms with Gasteiger partial charge in [0, 0.05) is 18.9 Å². The van der Waals surface area contributed by atoms with Gasteiger partial charge in [-0.05, 0) is 17.7 Å². The summed E-state index contributed by atoms with van der Waals surface area (Å²) in [5.74, 6) is 0.574. The number of phenolic OH excluding ortho intramolecular Hbond substituents is 1. The summed E-state index contributed by atoms with van der Waals surface area (Å²) in [5.41, 5.74) is 1.03. The number of aromatic hydroxyl groups is 1. The van der Waals surface area contributed by atoms with E-state index in [4.69, 9.17) is 0 Å². The molecule has 1 aliphatic heterocycles. The zero-order chi connectivity index (χ0) is 9.26. The lowest BCUT2D eigenvalue weighted by molar-refractivity contribution is -0.119. The number of hydrogen-bond donors (Lipinski definition) is 2. The molecule has 1 atom stereocenters. The quantitative estimate of drug-likeness (QED) is 0.672. The van der Waals surface area contributed by atoms with Gasteiger partial charge in [0.1, 0.15) is 5.75 Å². The summed E-state index contributed by atoms with van der Waals surface area (Å²) in [4.78, 5) is 10.9. The monoisotopic (exact) mass is 177 g/mol. The zero-order valence-corrected chi connectivity index (χ0v) is 7.16. The first-order valence-electron chi connectivity index (χ1n) is 4.31. The van der Waals surface area contributed by atoms with Crippen LogP contribution in [0.25, 0.3) is 0 Å². The maximum absolute atomic E-state index is 10.9. The smallest absolute Gasteiger partial charge is 0.220 e. The second-order valence-corrected chi connectivity index (χ2v) is 3.30. The Kier molecular flexibility index (Phi) is 1.93. The Labute approximate surface area is 76.4 Å². The summed E-state index contributed by atoms with van der Waals surface area (Å²) in [6.07, 6.45) is 0.531. The molecular formula is C10H11NO2. The van der Waals surface area contributed by atoms with Crippen molar-refractivity contribution in [3.63, 3.8) is 0 Å². The maximum Gasteiger partial charge on any atom is 0.220 e. The highest BCUT2D eigenvalue weighted by atomic mass is 16.3. The highest BCUT2D eigenvalue weighted by molar-refractivity contribution is 5.79. The van der Waals surface area contributed by atoms with E-state index >= 15 is 0 Å². The number of nitrogens with one attached hydrogen (secondary N) is 1. The van der Waals surface area contributed by atoms with Crippen molar-refractivity contribution in [1.29, 1.82) is 0 Å². The molecule has 0 aliphatic carbocycles. The number of hydrogen-bond acceptors (Lipinski definition) is 2. The zero-order valence-electron chi connectivity index (χ0n) is 7.16. The minimum Gasteiger partial charge on any atom is -0.508 e. The fraction of sp³-hybridized carbons (Fsp3) is 0.300. The Bertz CT molecular complexity index is 335. The number of carbonyl (C=O) groups is 1. The van der Waals surface area contributed by atoms with Crippen molar-refractivity contribution in [3.8, 4) is 5.75 Å². The average molecular weight is 177 g/mol. The van der Waals surface area contributed by atoms with Crippen LogP contribution in [-0.2, 0) is 4.79 Å². The van der Waals surface area contributed by atoms with Crippen LogP contribution in [0.3, 0.4) is 0 Å². The summed E-state index contributed by atoms with van der Waals surface area (Å²) < 4.78 is 0. The third kappa shape index (κ3) is 1.64. The molecular weight excluding hydrogens is 166 g/mol. The van der Waals surface area contributed by atoms with Crippen molar-refractivity contribution in [2.24, 2.45) is 0 Å². The van der Waals surface area contributed by atoms with Crippen LogP contribution in [0.15, 0.2) is 24.3 Å². The van der Waals surface area contributed by atoms with Crippen molar-refractivity contribution in [1.82, 2.24) is 5.32 Å². The molecule has 0 spiro atoms. The van der Waals surface area contributed by atoms with Crippen LogP contribution in [0.1, 0.15) is 17.9 Å². The normalized spacial score (nSPS) is 21.5. The van der Waals surface area contributed by atoms with Gasteiger partial charge in [0.25, 0.3) is 0 Å². The van der Waals surface area contributed by atoms with E-state index in [-0.39, 0.29) is 17.6 Å². The third-order valence-electron chi connectivity index (χ3n) is 2.32. The van der Waals surface area contributed by atoms with Crippen LogP contribution >= 0.6 is 0 Å². The highest BCUT2D eigenvalue weighted by Gasteiger charge is 2.22. The minimum atomic E-state index is 0.0911. The summed E-state index contributed by atoms with van der Waals surface area (Å²) in [6.45, 7) is 0.683. The van der Waals surface area contributed by atoms with Gasteiger partial charge in [-0.3, -0.25) is 4.79 Å². The molecule has 68 valence electrons. The topological polar surface area (TPSA) is 49.3 Å². The Balaban J connectivity index is 2.21. The number of phenols is 1. The van der Waals surface area contributed by atoms with Crippen LogP contribution in [0.2, 0.25) is 0 Å². The van der Waals surface area contributed by atoms with Crippen molar-refractivity contribution in [2.45, 2.75) is 12.3 Å². The van der Waals surface area contributed by atoms with Crippen LogP contribution in [0.5, 0.6) is 5.75 Å². The summed E-state index contributed by atoms with van der Waals surface area (Å²) in [6, 6.07) is 7.08. The van der Waals surface area contributed by atoms with E-state index in [1.54, 1.807) is 18.2 Å². The largest absolute Gasteiger partial charge is 0.508 e. The van der Waals surface area contributed by atoms with E-state index in [1.165, 1.54) is 0 Å². The van der Waals surface area contributed by atoms with Crippen molar-refractivity contribution in [2.75, 3.05) is 6.54 Å². The fourth-order valence-electron chi connectivity index (χ4n) is 1.62. The molecule has 1 unspecified atom stereocenters. The van der Waals surface area contributed by atoms with Crippen molar-refractivity contribution in [3.05, 3.63) is 29.8 Å². The lowest BCUT2D eigenvalue weighted by Crippen LogP contribution is -2.13. The summed E-state index contributed by atoms with van der Waals surface area (Å²) >= 11 is 0. The molecule has 0 bridgehead atoms. The van der Waals surface area contributed by atoms with Gasteiger partial charge in [0.2, 0.25) is 5.91 Å². The molecule has 3 nitrogen and oxygen atoms in total. The Morgan fingerprint density at radius 2 is 2.31 bits per heavy atom. The molecule has 1 aromatic rings. The third-order valence-corrected chi connectivity index (χ3v) is 2.32. The minimum absolute atomic E-state index is 0.0911. The van der Waals surface area contributed by atoms with E-state index < -0.39 is 0 Å². The number of benzene rings is 1. The molecule has 2 N–H and O–H groups in total. The fourth-order valence-corrected chi connectivity index (χ4v) is 1.62. The van der Waals surface area contributed by atoms with Gasteiger partial charge in [-0.1, -0.05) is 12.1 Å². The Hall–Kier alpha value is -1.51. The molecule has 1 aliphatic rings. The number of carbonyl (C=O) groups excluding carboxylic acids is 1. The molecule has 0 saturated carbocycles. The van der Waals surface area contributed by atoms with Crippen LogP contribution < -0.4 is 5.32 Å². The van der Waals surface area contributed by atoms with Crippen LogP contribution in [0.4, 0.5) is 0 Å². The number of rotatable bonds is 1. The first-order valence-corrected chi connectivity index (χ1v) is 4.31. The Morgan fingerprint density at radius 1 is 1.46 bits per heavy atom. The van der Waals surface area contributed by atoms with Gasteiger partial charge in [-0.25, -0.2) is 0 Å². The number of amides is 1. The van der Waals surface area contributed by atoms with Gasteiger partial charge >= 0.3 is 0 Å². The summed E-state index contributed by atoms with van der Waals surface area (Å²) in [7, 11) is 0. The van der Waals surface area contributed by atoms with E-state index in [0.29, 0.717) is 13.0 Å². The predicted octanol–water partition coefficient (Wildman–Crippen LogP) is 0.996. The molecule has 1 fully saturated rings. The van der Waals surface area contributed by atoms with Gasteiger partial charge in [0.15, 0.2) is 0 Å². The SMILES string of the molecule is O=C1CC(c2cccc(O)c2)CN1. The Morgan fingerprint density at radius 3 is 2.92 bits per heavy atom. The standard InChI is InChI=1S/C10H11NO2/c12-9-3-1-2-7(4-9)8-5-10(13)11-6-8/h1-4,8,12H,5-6H2,(H,11,13). The molecule has 1 saturated heterocycles. The molecule has 0 radical (unpaired) electrons. The van der Waals surface area contributed by atoms with E-state index in [9.17, 15) is 9.90 Å².